The molecule has 148 valence electrons. The molecule has 0 saturated carbocycles. The second kappa shape index (κ2) is 7.53. The maximum atomic E-state index is 13.5. The van der Waals surface area contributed by atoms with Crippen molar-refractivity contribution in [2.75, 3.05) is 31.1 Å². The van der Waals surface area contributed by atoms with Crippen LogP contribution < -0.4 is 4.90 Å². The smallest absolute Gasteiger partial charge is 0.163 e. The molecular weight excluding hydrogens is 387 g/mol. The van der Waals surface area contributed by atoms with Gasteiger partial charge in [0.25, 0.3) is 0 Å². The zero-order chi connectivity index (χ0) is 19.8. The van der Waals surface area contributed by atoms with Crippen LogP contribution in [0, 0.1) is 5.82 Å². The fourth-order valence-corrected chi connectivity index (χ4v) is 4.85. The minimum Gasteiger partial charge on any atom is -0.353 e. The van der Waals surface area contributed by atoms with Gasteiger partial charge in [0.05, 0.1) is 11.6 Å². The highest BCUT2D eigenvalue weighted by Gasteiger charge is 2.21. The highest BCUT2D eigenvalue weighted by Crippen LogP contribution is 2.30. The Bertz CT molecular complexity index is 1150. The average molecular weight is 409 g/mol. The van der Waals surface area contributed by atoms with Crippen LogP contribution in [-0.4, -0.2) is 50.8 Å². The summed E-state index contributed by atoms with van der Waals surface area (Å²) in [5.74, 6) is 0.772. The summed E-state index contributed by atoms with van der Waals surface area (Å²) in [6.07, 6.45) is 3.46. The normalized spacial score (nSPS) is 15.3. The molecule has 4 aromatic rings. The van der Waals surface area contributed by atoms with Gasteiger partial charge in [-0.2, -0.15) is 5.10 Å². The van der Waals surface area contributed by atoms with Gasteiger partial charge >= 0.3 is 0 Å². The van der Waals surface area contributed by atoms with Gasteiger partial charge in [-0.1, -0.05) is 12.1 Å². The van der Waals surface area contributed by atoms with E-state index in [1.807, 2.05) is 19.3 Å². The van der Waals surface area contributed by atoms with Crippen molar-refractivity contribution < 1.29 is 4.39 Å². The Morgan fingerprint density at radius 1 is 1.07 bits per heavy atom. The van der Waals surface area contributed by atoms with Crippen LogP contribution in [0.15, 0.2) is 48.9 Å². The van der Waals surface area contributed by atoms with Crippen molar-refractivity contribution in [3.63, 3.8) is 0 Å². The molecule has 0 spiro atoms. The molecule has 4 heterocycles. The Morgan fingerprint density at radius 2 is 1.93 bits per heavy atom. The minimum atomic E-state index is -0.194. The summed E-state index contributed by atoms with van der Waals surface area (Å²) in [4.78, 5) is 16.0. The van der Waals surface area contributed by atoms with Gasteiger partial charge in [-0.05, 0) is 29.8 Å². The van der Waals surface area contributed by atoms with Crippen molar-refractivity contribution in [3.8, 4) is 10.4 Å². The molecule has 0 atom stereocenters. The van der Waals surface area contributed by atoms with Crippen molar-refractivity contribution in [2.24, 2.45) is 7.05 Å². The molecule has 1 fully saturated rings. The van der Waals surface area contributed by atoms with Crippen LogP contribution >= 0.6 is 11.3 Å². The van der Waals surface area contributed by atoms with E-state index < -0.39 is 0 Å². The highest BCUT2D eigenvalue weighted by atomic mass is 32.1. The van der Waals surface area contributed by atoms with Gasteiger partial charge in [-0.15, -0.1) is 11.3 Å². The molecule has 5 rings (SSSR count). The molecular formula is C21H21FN6S. The van der Waals surface area contributed by atoms with Crippen LogP contribution in [0.3, 0.4) is 0 Å². The van der Waals surface area contributed by atoms with Gasteiger partial charge in [0, 0.05) is 49.5 Å². The Balaban J connectivity index is 1.25. The third-order valence-electron chi connectivity index (χ3n) is 5.33. The van der Waals surface area contributed by atoms with Gasteiger partial charge in [-0.25, -0.2) is 14.4 Å². The second-order valence-corrected chi connectivity index (χ2v) is 8.41. The molecule has 8 heteroatoms. The van der Waals surface area contributed by atoms with E-state index in [-0.39, 0.29) is 5.82 Å². The molecule has 0 radical (unpaired) electrons. The summed E-state index contributed by atoms with van der Waals surface area (Å²) >= 11 is 1.74. The number of halogens is 1. The molecule has 1 aromatic carbocycles. The van der Waals surface area contributed by atoms with Gasteiger partial charge in [0.2, 0.25) is 0 Å². The number of anilines is 1. The zero-order valence-electron chi connectivity index (χ0n) is 16.1. The molecule has 6 nitrogen and oxygen atoms in total. The first kappa shape index (κ1) is 18.2. The Labute approximate surface area is 172 Å². The van der Waals surface area contributed by atoms with Crippen molar-refractivity contribution in [1.82, 2.24) is 24.6 Å². The topological polar surface area (TPSA) is 50.1 Å². The molecule has 0 amide bonds. The summed E-state index contributed by atoms with van der Waals surface area (Å²) in [6.45, 7) is 4.70. The Kier molecular flexibility index (Phi) is 4.73. The molecule has 29 heavy (non-hydrogen) atoms. The standard InChI is InChI=1S/C21H21FN6S/c1-26-20-18(12-25-26)21(24-14-23-20)28-9-7-27(8-10-28)13-17-5-6-19(29-17)15-3-2-4-16(22)11-15/h2-6,11-12,14H,7-10,13H2,1H3. The van der Waals surface area contributed by atoms with E-state index in [4.69, 9.17) is 0 Å². The quantitative estimate of drug-likeness (QED) is 0.517. The molecule has 0 unspecified atom stereocenters. The first-order valence-corrected chi connectivity index (χ1v) is 10.4. The van der Waals surface area contributed by atoms with Gasteiger partial charge in [-0.3, -0.25) is 9.58 Å². The third-order valence-corrected chi connectivity index (χ3v) is 6.45. The number of hydrogen-bond acceptors (Lipinski definition) is 6. The van der Waals surface area contributed by atoms with Crippen molar-refractivity contribution in [1.29, 1.82) is 0 Å². The maximum Gasteiger partial charge on any atom is 0.163 e. The summed E-state index contributed by atoms with van der Waals surface area (Å²) in [5, 5.41) is 5.31. The predicted molar refractivity (Wildman–Crippen MR) is 114 cm³/mol. The summed E-state index contributed by atoms with van der Waals surface area (Å²) < 4.78 is 15.3. The molecule has 1 aliphatic rings. The Hall–Kier alpha value is -2.84. The highest BCUT2D eigenvalue weighted by molar-refractivity contribution is 7.15. The fourth-order valence-electron chi connectivity index (χ4n) is 3.80. The van der Waals surface area contributed by atoms with E-state index in [0.717, 1.165) is 60.0 Å². The molecule has 0 N–H and O–H groups in total. The third kappa shape index (κ3) is 3.61. The van der Waals surface area contributed by atoms with E-state index >= 15 is 0 Å². The summed E-state index contributed by atoms with van der Waals surface area (Å²) in [5.41, 5.74) is 1.80. The molecule has 3 aromatic heterocycles. The van der Waals surface area contributed by atoms with Crippen molar-refractivity contribution in [2.45, 2.75) is 6.54 Å². The number of piperazine rings is 1. The number of rotatable bonds is 4. The first-order valence-electron chi connectivity index (χ1n) is 9.62. The van der Waals surface area contributed by atoms with Crippen LogP contribution in [0.2, 0.25) is 0 Å². The van der Waals surface area contributed by atoms with Gasteiger partial charge < -0.3 is 4.90 Å². The maximum absolute atomic E-state index is 13.5. The lowest BCUT2D eigenvalue weighted by Gasteiger charge is -2.35. The second-order valence-electron chi connectivity index (χ2n) is 7.24. The van der Waals surface area contributed by atoms with Crippen LogP contribution in [0.1, 0.15) is 4.88 Å². The van der Waals surface area contributed by atoms with Crippen molar-refractivity contribution in [3.05, 3.63) is 59.6 Å². The number of aromatic nitrogens is 4. The minimum absolute atomic E-state index is 0.194. The lowest BCUT2D eigenvalue weighted by molar-refractivity contribution is 0.251. The summed E-state index contributed by atoms with van der Waals surface area (Å²) in [6, 6.07) is 11.0. The van der Waals surface area contributed by atoms with E-state index in [1.54, 1.807) is 34.5 Å². The molecule has 0 bridgehead atoms. The van der Waals surface area contributed by atoms with E-state index in [1.165, 1.54) is 10.9 Å². The fraction of sp³-hybridized carbons (Fsp3) is 0.286. The Morgan fingerprint density at radius 3 is 2.76 bits per heavy atom. The predicted octanol–water partition coefficient (Wildman–Crippen LogP) is 3.55. The van der Waals surface area contributed by atoms with Crippen LogP contribution in [0.4, 0.5) is 10.2 Å². The largest absolute Gasteiger partial charge is 0.353 e. The first-order chi connectivity index (χ1) is 14.2. The zero-order valence-corrected chi connectivity index (χ0v) is 16.9. The van der Waals surface area contributed by atoms with Crippen LogP contribution in [-0.2, 0) is 13.6 Å². The number of fused-ring (bicyclic) bond motifs is 1. The molecule has 1 saturated heterocycles. The lowest BCUT2D eigenvalue weighted by Crippen LogP contribution is -2.46. The van der Waals surface area contributed by atoms with Gasteiger partial charge in [0.1, 0.15) is 18.0 Å². The van der Waals surface area contributed by atoms with E-state index in [0.29, 0.717) is 0 Å². The number of thiophene rings is 1. The van der Waals surface area contributed by atoms with E-state index in [2.05, 4.69) is 37.0 Å². The number of aryl methyl sites for hydroxylation is 1. The van der Waals surface area contributed by atoms with Crippen LogP contribution in [0.5, 0.6) is 0 Å². The SMILES string of the molecule is Cn1ncc2c(N3CCN(Cc4ccc(-c5cccc(F)c5)s4)CC3)ncnc21. The lowest BCUT2D eigenvalue weighted by atomic mass is 10.2. The van der Waals surface area contributed by atoms with Crippen molar-refractivity contribution >= 4 is 28.2 Å². The van der Waals surface area contributed by atoms with Gasteiger partial charge in [0.15, 0.2) is 5.65 Å². The molecule has 1 aliphatic heterocycles. The average Bonchev–Trinajstić information content (AvgIpc) is 3.36. The number of benzene rings is 1. The summed E-state index contributed by atoms with van der Waals surface area (Å²) in [7, 11) is 1.90. The molecule has 0 aliphatic carbocycles. The monoisotopic (exact) mass is 408 g/mol. The number of nitrogens with zero attached hydrogens (tertiary/aromatic N) is 6. The number of hydrogen-bond donors (Lipinski definition) is 0. The van der Waals surface area contributed by atoms with Crippen LogP contribution in [0.25, 0.3) is 21.5 Å². The van der Waals surface area contributed by atoms with E-state index in [9.17, 15) is 4.39 Å².